The number of carbonyl (C=O) groups is 3. The van der Waals surface area contributed by atoms with Crippen LogP contribution in [0.15, 0.2) is 24.3 Å². The molecule has 8 nitrogen and oxygen atoms in total. The minimum absolute atomic E-state index is 0.00586. The molecule has 0 aromatic heterocycles. The molecule has 0 spiro atoms. The highest BCUT2D eigenvalue weighted by atomic mass is 16.5. The first-order valence-electron chi connectivity index (χ1n) is 9.77. The van der Waals surface area contributed by atoms with Gasteiger partial charge in [-0.3, -0.25) is 14.4 Å². The van der Waals surface area contributed by atoms with Gasteiger partial charge in [-0.1, -0.05) is 6.92 Å². The van der Waals surface area contributed by atoms with Crippen molar-refractivity contribution in [1.82, 2.24) is 9.80 Å². The van der Waals surface area contributed by atoms with Crippen LogP contribution < -0.4 is 10.1 Å². The second kappa shape index (κ2) is 9.54. The van der Waals surface area contributed by atoms with Crippen molar-refractivity contribution in [3.63, 3.8) is 0 Å². The Morgan fingerprint density at radius 2 is 1.82 bits per heavy atom. The van der Waals surface area contributed by atoms with Crippen LogP contribution in [-0.2, 0) is 19.1 Å². The van der Waals surface area contributed by atoms with Crippen LogP contribution in [-0.4, -0.2) is 73.0 Å². The molecule has 1 aromatic rings. The van der Waals surface area contributed by atoms with Crippen LogP contribution in [0.25, 0.3) is 0 Å². The lowest BCUT2D eigenvalue weighted by Crippen LogP contribution is -2.43. The summed E-state index contributed by atoms with van der Waals surface area (Å²) >= 11 is 0. The van der Waals surface area contributed by atoms with E-state index in [0.29, 0.717) is 57.1 Å². The van der Waals surface area contributed by atoms with E-state index >= 15 is 0 Å². The van der Waals surface area contributed by atoms with Gasteiger partial charge in [0, 0.05) is 31.7 Å². The van der Waals surface area contributed by atoms with E-state index in [4.69, 9.17) is 9.47 Å². The van der Waals surface area contributed by atoms with Crippen molar-refractivity contribution in [3.05, 3.63) is 24.3 Å². The van der Waals surface area contributed by atoms with Crippen molar-refractivity contribution >= 4 is 23.4 Å². The van der Waals surface area contributed by atoms with Crippen LogP contribution in [0.5, 0.6) is 5.75 Å². The zero-order valence-corrected chi connectivity index (χ0v) is 16.2. The van der Waals surface area contributed by atoms with Gasteiger partial charge in [0.1, 0.15) is 11.8 Å². The molecule has 2 aliphatic heterocycles. The molecule has 8 heteroatoms. The zero-order chi connectivity index (χ0) is 19.9. The Labute approximate surface area is 164 Å². The molecule has 0 aliphatic carbocycles. The summed E-state index contributed by atoms with van der Waals surface area (Å²) in [4.78, 5) is 40.0. The van der Waals surface area contributed by atoms with Crippen molar-refractivity contribution in [2.24, 2.45) is 0 Å². The van der Waals surface area contributed by atoms with E-state index in [0.717, 1.165) is 6.42 Å². The lowest BCUT2D eigenvalue weighted by atomic mass is 10.2. The zero-order valence-electron chi connectivity index (χ0n) is 16.2. The molecule has 152 valence electrons. The summed E-state index contributed by atoms with van der Waals surface area (Å²) in [6, 6.07) is 6.48. The molecule has 2 aliphatic rings. The summed E-state index contributed by atoms with van der Waals surface area (Å²) in [7, 11) is 0. The maximum atomic E-state index is 12.5. The molecule has 2 fully saturated rings. The number of morpholine rings is 1. The van der Waals surface area contributed by atoms with Gasteiger partial charge in [0.2, 0.25) is 11.8 Å². The van der Waals surface area contributed by atoms with E-state index < -0.39 is 6.04 Å². The summed E-state index contributed by atoms with van der Waals surface area (Å²) in [5.41, 5.74) is 0.632. The Bertz CT molecular complexity index is 700. The first-order chi connectivity index (χ1) is 13.6. The molecular weight excluding hydrogens is 362 g/mol. The predicted octanol–water partition coefficient (Wildman–Crippen LogP) is 1.26. The summed E-state index contributed by atoms with van der Waals surface area (Å²) in [6.07, 6.45) is 1.93. The van der Waals surface area contributed by atoms with E-state index in [1.165, 1.54) is 0 Å². The van der Waals surface area contributed by atoms with Gasteiger partial charge in [-0.2, -0.15) is 0 Å². The van der Waals surface area contributed by atoms with Gasteiger partial charge >= 0.3 is 0 Å². The molecule has 1 aromatic carbocycles. The Morgan fingerprint density at radius 3 is 2.50 bits per heavy atom. The number of anilines is 1. The van der Waals surface area contributed by atoms with Gasteiger partial charge in [-0.05, 0) is 37.1 Å². The molecule has 0 bridgehead atoms. The SMILES string of the molecule is CCC(=O)N1CCC[C@H]1C(=O)Nc1ccc(OCC(=O)N2CCOCC2)cc1. The highest BCUT2D eigenvalue weighted by Gasteiger charge is 2.33. The quantitative estimate of drug-likeness (QED) is 0.791. The molecule has 1 N–H and O–H groups in total. The lowest BCUT2D eigenvalue weighted by Gasteiger charge is -2.26. The molecule has 28 heavy (non-hydrogen) atoms. The number of hydrogen-bond acceptors (Lipinski definition) is 5. The first-order valence-corrected chi connectivity index (χ1v) is 9.77. The van der Waals surface area contributed by atoms with Gasteiger partial charge in [-0.25, -0.2) is 0 Å². The number of nitrogens with zero attached hydrogens (tertiary/aromatic N) is 2. The number of amides is 3. The fourth-order valence-corrected chi connectivity index (χ4v) is 3.45. The molecule has 3 amide bonds. The van der Waals surface area contributed by atoms with E-state index in [1.54, 1.807) is 41.0 Å². The first kappa shape index (κ1) is 20.1. The number of nitrogens with one attached hydrogen (secondary N) is 1. The average molecular weight is 389 g/mol. The number of benzene rings is 1. The van der Waals surface area contributed by atoms with Crippen molar-refractivity contribution in [3.8, 4) is 5.75 Å². The minimum Gasteiger partial charge on any atom is -0.484 e. The third kappa shape index (κ3) is 5.01. The van der Waals surface area contributed by atoms with E-state index in [2.05, 4.69) is 5.32 Å². The molecule has 0 radical (unpaired) electrons. The van der Waals surface area contributed by atoms with Crippen molar-refractivity contribution < 1.29 is 23.9 Å². The molecular formula is C20H27N3O5. The maximum Gasteiger partial charge on any atom is 0.260 e. The molecule has 0 saturated carbocycles. The second-order valence-electron chi connectivity index (χ2n) is 6.89. The third-order valence-electron chi connectivity index (χ3n) is 5.03. The number of hydrogen-bond donors (Lipinski definition) is 1. The lowest BCUT2D eigenvalue weighted by molar-refractivity contribution is -0.137. The molecule has 1 atom stereocenters. The van der Waals surface area contributed by atoms with Crippen molar-refractivity contribution in [2.75, 3.05) is 44.8 Å². The van der Waals surface area contributed by atoms with Crippen LogP contribution in [0.2, 0.25) is 0 Å². The predicted molar refractivity (Wildman–Crippen MR) is 103 cm³/mol. The summed E-state index contributed by atoms with van der Waals surface area (Å²) in [6.45, 7) is 4.71. The largest absolute Gasteiger partial charge is 0.484 e. The molecule has 2 saturated heterocycles. The van der Waals surface area contributed by atoms with Gasteiger partial charge in [0.15, 0.2) is 6.61 Å². The van der Waals surface area contributed by atoms with Gasteiger partial charge in [0.05, 0.1) is 13.2 Å². The normalized spacial score (nSPS) is 19.4. The van der Waals surface area contributed by atoms with Gasteiger partial charge in [0.25, 0.3) is 5.91 Å². The number of likely N-dealkylation sites (tertiary alicyclic amines) is 1. The number of ether oxygens (including phenoxy) is 2. The van der Waals surface area contributed by atoms with Gasteiger partial charge in [-0.15, -0.1) is 0 Å². The van der Waals surface area contributed by atoms with Crippen LogP contribution in [0.3, 0.4) is 0 Å². The van der Waals surface area contributed by atoms with Crippen LogP contribution >= 0.6 is 0 Å². The van der Waals surface area contributed by atoms with Crippen LogP contribution in [0.4, 0.5) is 5.69 Å². The number of rotatable bonds is 6. The van der Waals surface area contributed by atoms with Crippen LogP contribution in [0, 0.1) is 0 Å². The minimum atomic E-state index is -0.408. The second-order valence-corrected chi connectivity index (χ2v) is 6.89. The monoisotopic (exact) mass is 389 g/mol. The topological polar surface area (TPSA) is 88.2 Å². The Morgan fingerprint density at radius 1 is 1.11 bits per heavy atom. The van der Waals surface area contributed by atoms with E-state index in [9.17, 15) is 14.4 Å². The fraction of sp³-hybridized carbons (Fsp3) is 0.550. The van der Waals surface area contributed by atoms with Crippen LogP contribution in [0.1, 0.15) is 26.2 Å². The molecule has 2 heterocycles. The Kier molecular flexibility index (Phi) is 6.86. The molecule has 3 rings (SSSR count). The average Bonchev–Trinajstić information content (AvgIpc) is 3.23. The Hall–Kier alpha value is -2.61. The van der Waals surface area contributed by atoms with Gasteiger partial charge < -0.3 is 24.6 Å². The summed E-state index contributed by atoms with van der Waals surface area (Å²) < 4.78 is 10.8. The maximum absolute atomic E-state index is 12.5. The fourth-order valence-electron chi connectivity index (χ4n) is 3.45. The van der Waals surface area contributed by atoms with Crippen molar-refractivity contribution in [2.45, 2.75) is 32.2 Å². The highest BCUT2D eigenvalue weighted by molar-refractivity contribution is 5.97. The highest BCUT2D eigenvalue weighted by Crippen LogP contribution is 2.21. The van der Waals surface area contributed by atoms with E-state index in [1.807, 2.05) is 0 Å². The Balaban J connectivity index is 1.49. The number of carbonyl (C=O) groups excluding carboxylic acids is 3. The third-order valence-corrected chi connectivity index (χ3v) is 5.03. The van der Waals surface area contributed by atoms with Crippen molar-refractivity contribution in [1.29, 1.82) is 0 Å². The van der Waals surface area contributed by atoms with E-state index in [-0.39, 0.29) is 24.3 Å². The summed E-state index contributed by atoms with van der Waals surface area (Å²) in [5, 5.41) is 2.86. The molecule has 0 unspecified atom stereocenters. The smallest absolute Gasteiger partial charge is 0.260 e. The summed E-state index contributed by atoms with van der Waals surface area (Å²) in [5.74, 6) is 0.327. The standard InChI is InChI=1S/C20H27N3O5/c1-2-18(24)23-9-3-4-17(23)20(26)21-15-5-7-16(8-6-15)28-14-19(25)22-10-12-27-13-11-22/h5-8,17H,2-4,9-14H2,1H3,(H,21,26)/t17-/m0/s1.